The molecule has 5 nitrogen and oxygen atoms in total. The molecule has 3 N–H and O–H groups in total. The molecule has 0 unspecified atom stereocenters. The molecule has 0 spiro atoms. The van der Waals surface area contributed by atoms with Gasteiger partial charge in [-0.2, -0.15) is 0 Å². The summed E-state index contributed by atoms with van der Waals surface area (Å²) in [4.78, 5) is 15.3. The SMILES string of the molecule is CCOC(=O)C(N)=C(CCO)C(C)=NC. The molecule has 0 saturated heterocycles. The lowest BCUT2D eigenvalue weighted by molar-refractivity contribution is -0.138. The Bertz CT molecular complexity index is 282. The van der Waals surface area contributed by atoms with Crippen molar-refractivity contribution in [3.8, 4) is 0 Å². The number of nitrogens with two attached hydrogens (primary N) is 1. The predicted molar refractivity (Wildman–Crippen MR) is 58.6 cm³/mol. The van der Waals surface area contributed by atoms with E-state index in [0.717, 1.165) is 0 Å². The van der Waals surface area contributed by atoms with Gasteiger partial charge in [-0.25, -0.2) is 4.79 Å². The number of aliphatic hydroxyl groups excluding tert-OH is 1. The number of carbonyl (C=O) groups is 1. The minimum Gasteiger partial charge on any atom is -0.461 e. The largest absolute Gasteiger partial charge is 0.461 e. The van der Waals surface area contributed by atoms with Gasteiger partial charge in [-0.15, -0.1) is 0 Å². The maximum Gasteiger partial charge on any atom is 0.354 e. The smallest absolute Gasteiger partial charge is 0.354 e. The van der Waals surface area contributed by atoms with Gasteiger partial charge in [0.2, 0.25) is 0 Å². The third-order valence-corrected chi connectivity index (χ3v) is 1.95. The molecule has 86 valence electrons. The van der Waals surface area contributed by atoms with Gasteiger partial charge in [0, 0.05) is 24.9 Å². The zero-order valence-corrected chi connectivity index (χ0v) is 9.41. The lowest BCUT2D eigenvalue weighted by Gasteiger charge is -2.09. The normalized spacial score (nSPS) is 13.5. The Labute approximate surface area is 89.6 Å². The summed E-state index contributed by atoms with van der Waals surface area (Å²) in [5.41, 5.74) is 6.82. The number of esters is 1. The van der Waals surface area contributed by atoms with E-state index >= 15 is 0 Å². The van der Waals surface area contributed by atoms with Gasteiger partial charge >= 0.3 is 5.97 Å². The highest BCUT2D eigenvalue weighted by atomic mass is 16.5. The predicted octanol–water partition coefficient (Wildman–Crippen LogP) is 0.235. The third-order valence-electron chi connectivity index (χ3n) is 1.95. The molecule has 0 heterocycles. The maximum atomic E-state index is 11.3. The van der Waals surface area contributed by atoms with Crippen molar-refractivity contribution in [2.24, 2.45) is 10.7 Å². The molecule has 5 heteroatoms. The Morgan fingerprint density at radius 3 is 2.53 bits per heavy atom. The van der Waals surface area contributed by atoms with Crippen LogP contribution in [0.3, 0.4) is 0 Å². The van der Waals surface area contributed by atoms with Gasteiger partial charge in [0.15, 0.2) is 0 Å². The van der Waals surface area contributed by atoms with Crippen LogP contribution in [0.5, 0.6) is 0 Å². The van der Waals surface area contributed by atoms with Gasteiger partial charge < -0.3 is 15.6 Å². The van der Waals surface area contributed by atoms with Crippen LogP contribution in [0.1, 0.15) is 20.3 Å². The van der Waals surface area contributed by atoms with Gasteiger partial charge in [-0.05, 0) is 20.3 Å². The van der Waals surface area contributed by atoms with Crippen molar-refractivity contribution >= 4 is 11.7 Å². The topological polar surface area (TPSA) is 84.9 Å². The highest BCUT2D eigenvalue weighted by molar-refractivity contribution is 6.05. The summed E-state index contributed by atoms with van der Waals surface area (Å²) >= 11 is 0. The fraction of sp³-hybridized carbons (Fsp3) is 0.600. The number of nitrogens with zero attached hydrogens (tertiary/aromatic N) is 1. The van der Waals surface area contributed by atoms with E-state index in [-0.39, 0.29) is 18.9 Å². The van der Waals surface area contributed by atoms with Gasteiger partial charge in [-0.3, -0.25) is 4.99 Å². The molecule has 0 aliphatic rings. The van der Waals surface area contributed by atoms with Gasteiger partial charge in [-0.1, -0.05) is 0 Å². The van der Waals surface area contributed by atoms with Crippen LogP contribution < -0.4 is 5.73 Å². The first-order valence-electron chi connectivity index (χ1n) is 4.78. The van der Waals surface area contributed by atoms with Crippen LogP contribution in [0.25, 0.3) is 0 Å². The molecule has 0 aromatic heterocycles. The zero-order valence-electron chi connectivity index (χ0n) is 9.41. The lowest BCUT2D eigenvalue weighted by Crippen LogP contribution is -2.20. The van der Waals surface area contributed by atoms with E-state index < -0.39 is 5.97 Å². The van der Waals surface area contributed by atoms with Crippen molar-refractivity contribution in [1.29, 1.82) is 0 Å². The molecule has 0 aromatic rings. The second-order valence-electron chi connectivity index (χ2n) is 2.90. The summed E-state index contributed by atoms with van der Waals surface area (Å²) in [6, 6.07) is 0. The van der Waals surface area contributed by atoms with E-state index in [0.29, 0.717) is 17.7 Å². The van der Waals surface area contributed by atoms with Crippen molar-refractivity contribution in [1.82, 2.24) is 0 Å². The molecular weight excluding hydrogens is 196 g/mol. The van der Waals surface area contributed by atoms with E-state index in [9.17, 15) is 4.79 Å². The average Bonchev–Trinajstić information content (AvgIpc) is 2.24. The van der Waals surface area contributed by atoms with E-state index in [1.54, 1.807) is 20.9 Å². The highest BCUT2D eigenvalue weighted by Crippen LogP contribution is 2.08. The molecule has 0 rings (SSSR count). The average molecular weight is 214 g/mol. The van der Waals surface area contributed by atoms with Crippen molar-refractivity contribution in [2.45, 2.75) is 20.3 Å². The van der Waals surface area contributed by atoms with Gasteiger partial charge in [0.25, 0.3) is 0 Å². The zero-order chi connectivity index (χ0) is 11.8. The number of carbonyl (C=O) groups excluding carboxylic acids is 1. The summed E-state index contributed by atoms with van der Waals surface area (Å²) in [7, 11) is 1.60. The number of aliphatic hydroxyl groups is 1. The highest BCUT2D eigenvalue weighted by Gasteiger charge is 2.14. The van der Waals surface area contributed by atoms with Gasteiger partial charge in [0.1, 0.15) is 5.70 Å². The molecule has 0 aliphatic heterocycles. The first-order chi connectivity index (χ1) is 7.08. The second kappa shape index (κ2) is 7.00. The first-order valence-corrected chi connectivity index (χ1v) is 4.78. The number of aliphatic imine (C=N–C) groups is 1. The summed E-state index contributed by atoms with van der Waals surface area (Å²) in [5.74, 6) is -0.566. The molecule has 15 heavy (non-hydrogen) atoms. The fourth-order valence-electron chi connectivity index (χ4n) is 1.09. The number of rotatable bonds is 5. The molecule has 0 amide bonds. The van der Waals surface area contributed by atoms with Crippen LogP contribution in [0.4, 0.5) is 0 Å². The summed E-state index contributed by atoms with van der Waals surface area (Å²) in [5, 5.41) is 8.84. The molecule has 0 atom stereocenters. The quantitative estimate of drug-likeness (QED) is 0.390. The molecular formula is C10H18N2O3. The Balaban J connectivity index is 4.99. The molecule has 0 bridgehead atoms. The summed E-state index contributed by atoms with van der Waals surface area (Å²) in [6.45, 7) is 3.63. The van der Waals surface area contributed by atoms with Crippen LogP contribution >= 0.6 is 0 Å². The van der Waals surface area contributed by atoms with Crippen molar-refractivity contribution in [3.05, 3.63) is 11.3 Å². The summed E-state index contributed by atoms with van der Waals surface area (Å²) in [6.07, 6.45) is 0.299. The van der Waals surface area contributed by atoms with E-state index in [1.807, 2.05) is 0 Å². The Hall–Kier alpha value is -1.36. The maximum absolute atomic E-state index is 11.3. The standard InChI is InChI=1S/C10H18N2O3/c1-4-15-10(14)9(11)8(5-6-13)7(2)12-3/h13H,4-6,11H2,1-3H3. The number of hydrogen-bond donors (Lipinski definition) is 2. The van der Waals surface area contributed by atoms with Crippen LogP contribution in [0, 0.1) is 0 Å². The van der Waals surface area contributed by atoms with Crippen LogP contribution in [-0.4, -0.2) is 37.0 Å². The Morgan fingerprint density at radius 1 is 1.53 bits per heavy atom. The van der Waals surface area contributed by atoms with Crippen molar-refractivity contribution in [3.63, 3.8) is 0 Å². The van der Waals surface area contributed by atoms with Crippen LogP contribution in [0.2, 0.25) is 0 Å². The lowest BCUT2D eigenvalue weighted by atomic mass is 10.1. The van der Waals surface area contributed by atoms with E-state index in [1.165, 1.54) is 0 Å². The molecule has 0 saturated carbocycles. The van der Waals surface area contributed by atoms with Crippen molar-refractivity contribution < 1.29 is 14.6 Å². The third kappa shape index (κ3) is 4.12. The van der Waals surface area contributed by atoms with Crippen molar-refractivity contribution in [2.75, 3.05) is 20.3 Å². The Morgan fingerprint density at radius 2 is 2.13 bits per heavy atom. The van der Waals surface area contributed by atoms with Crippen LogP contribution in [-0.2, 0) is 9.53 Å². The van der Waals surface area contributed by atoms with Crippen LogP contribution in [0.15, 0.2) is 16.3 Å². The number of hydrogen-bond acceptors (Lipinski definition) is 5. The molecule has 0 fully saturated rings. The minimum absolute atomic E-state index is 0.0222. The van der Waals surface area contributed by atoms with E-state index in [2.05, 4.69) is 4.99 Å². The monoisotopic (exact) mass is 214 g/mol. The molecule has 0 aromatic carbocycles. The molecule has 0 aliphatic carbocycles. The number of ether oxygens (including phenoxy) is 1. The Kier molecular flexibility index (Phi) is 6.37. The van der Waals surface area contributed by atoms with Gasteiger partial charge in [0.05, 0.1) is 6.61 Å². The minimum atomic E-state index is -0.566. The first kappa shape index (κ1) is 13.6. The second-order valence-corrected chi connectivity index (χ2v) is 2.90. The fourth-order valence-corrected chi connectivity index (χ4v) is 1.09. The van der Waals surface area contributed by atoms with E-state index in [4.69, 9.17) is 15.6 Å². The molecule has 0 radical (unpaired) electrons. The summed E-state index contributed by atoms with van der Waals surface area (Å²) < 4.78 is 4.77.